The molecule has 1 saturated carbocycles. The van der Waals surface area contributed by atoms with Gasteiger partial charge >= 0.3 is 0 Å². The van der Waals surface area contributed by atoms with E-state index >= 15 is 0 Å². The second-order valence-electron chi connectivity index (χ2n) is 4.10. The van der Waals surface area contributed by atoms with Gasteiger partial charge in [-0.05, 0) is 31.5 Å². The fraction of sp³-hybridized carbons (Fsp3) is 0.818. The van der Waals surface area contributed by atoms with Crippen molar-refractivity contribution in [3.63, 3.8) is 0 Å². The van der Waals surface area contributed by atoms with Gasteiger partial charge in [0, 0.05) is 25.6 Å². The molecule has 5 heteroatoms. The summed E-state index contributed by atoms with van der Waals surface area (Å²) in [5, 5.41) is 9.73. The Morgan fingerprint density at radius 1 is 1.19 bits per heavy atom. The van der Waals surface area contributed by atoms with Crippen LogP contribution < -0.4 is 16.0 Å². The third kappa shape index (κ3) is 5.90. The first-order chi connectivity index (χ1) is 7.74. The smallest absolute Gasteiger partial charge is 0.223 e. The van der Waals surface area contributed by atoms with Crippen molar-refractivity contribution in [1.29, 1.82) is 0 Å². The van der Waals surface area contributed by atoms with Crippen LogP contribution in [0.1, 0.15) is 32.6 Å². The SMILES string of the molecule is CCCCNC(=S)NCCNC(=O)C1CC1. The predicted molar refractivity (Wildman–Crippen MR) is 69.2 cm³/mol. The lowest BCUT2D eigenvalue weighted by atomic mass is 10.3. The van der Waals surface area contributed by atoms with E-state index in [0.717, 1.165) is 32.2 Å². The normalized spacial score (nSPS) is 14.3. The van der Waals surface area contributed by atoms with E-state index in [0.29, 0.717) is 18.2 Å². The van der Waals surface area contributed by atoms with Crippen molar-refractivity contribution in [2.24, 2.45) is 5.92 Å². The maximum atomic E-state index is 11.3. The summed E-state index contributed by atoms with van der Waals surface area (Å²) in [6.45, 7) is 4.39. The second kappa shape index (κ2) is 7.44. The topological polar surface area (TPSA) is 53.2 Å². The van der Waals surface area contributed by atoms with Gasteiger partial charge < -0.3 is 16.0 Å². The van der Waals surface area contributed by atoms with Crippen molar-refractivity contribution < 1.29 is 4.79 Å². The molecule has 0 spiro atoms. The molecule has 1 rings (SSSR count). The van der Waals surface area contributed by atoms with Gasteiger partial charge in [-0.2, -0.15) is 0 Å². The number of hydrogen-bond donors (Lipinski definition) is 3. The fourth-order valence-electron chi connectivity index (χ4n) is 1.29. The predicted octanol–water partition coefficient (Wildman–Crippen LogP) is 0.777. The molecule has 0 aromatic heterocycles. The molecule has 0 aromatic carbocycles. The monoisotopic (exact) mass is 243 g/mol. The van der Waals surface area contributed by atoms with Crippen LogP contribution in [-0.2, 0) is 4.79 Å². The van der Waals surface area contributed by atoms with E-state index in [1.54, 1.807) is 0 Å². The second-order valence-corrected chi connectivity index (χ2v) is 4.51. The third-order valence-corrected chi connectivity index (χ3v) is 2.76. The average Bonchev–Trinajstić information content (AvgIpc) is 3.08. The van der Waals surface area contributed by atoms with Crippen molar-refractivity contribution in [3.05, 3.63) is 0 Å². The van der Waals surface area contributed by atoms with E-state index < -0.39 is 0 Å². The Kier molecular flexibility index (Phi) is 6.15. The van der Waals surface area contributed by atoms with Crippen LogP contribution in [0, 0.1) is 5.92 Å². The molecule has 0 aliphatic heterocycles. The van der Waals surface area contributed by atoms with E-state index in [9.17, 15) is 4.79 Å². The molecule has 1 fully saturated rings. The van der Waals surface area contributed by atoms with Crippen LogP contribution in [0.2, 0.25) is 0 Å². The van der Waals surface area contributed by atoms with E-state index in [2.05, 4.69) is 22.9 Å². The molecule has 0 saturated heterocycles. The minimum absolute atomic E-state index is 0.187. The van der Waals surface area contributed by atoms with Crippen molar-refractivity contribution in [2.75, 3.05) is 19.6 Å². The number of carbonyl (C=O) groups is 1. The molecule has 1 aliphatic rings. The van der Waals surface area contributed by atoms with Crippen LogP contribution in [0.4, 0.5) is 0 Å². The molecule has 0 unspecified atom stereocenters. The first kappa shape index (κ1) is 13.2. The molecule has 92 valence electrons. The van der Waals surface area contributed by atoms with Crippen LogP contribution in [0.25, 0.3) is 0 Å². The van der Waals surface area contributed by atoms with Crippen molar-refractivity contribution >= 4 is 23.2 Å². The first-order valence-electron chi connectivity index (χ1n) is 6.03. The van der Waals surface area contributed by atoms with E-state index in [1.165, 1.54) is 0 Å². The Bertz CT molecular complexity index is 241. The van der Waals surface area contributed by atoms with Gasteiger partial charge in [0.2, 0.25) is 5.91 Å². The molecule has 1 aliphatic carbocycles. The number of thiocarbonyl (C=S) groups is 1. The summed E-state index contributed by atoms with van der Waals surface area (Å²) in [7, 11) is 0. The first-order valence-corrected chi connectivity index (χ1v) is 6.44. The zero-order valence-electron chi connectivity index (χ0n) is 9.84. The van der Waals surface area contributed by atoms with Crippen LogP contribution >= 0.6 is 12.2 Å². The lowest BCUT2D eigenvalue weighted by Gasteiger charge is -2.10. The van der Waals surface area contributed by atoms with Gasteiger partial charge in [-0.3, -0.25) is 4.79 Å². The molecule has 3 N–H and O–H groups in total. The highest BCUT2D eigenvalue weighted by molar-refractivity contribution is 7.80. The van der Waals surface area contributed by atoms with Crippen molar-refractivity contribution in [1.82, 2.24) is 16.0 Å². The minimum atomic E-state index is 0.187. The third-order valence-electron chi connectivity index (χ3n) is 2.47. The Balaban J connectivity index is 1.89. The summed E-state index contributed by atoms with van der Waals surface area (Å²) < 4.78 is 0. The maximum Gasteiger partial charge on any atom is 0.223 e. The standard InChI is InChI=1S/C11H21N3OS/c1-2-3-6-13-11(16)14-8-7-12-10(15)9-4-5-9/h9H,2-8H2,1H3,(H,12,15)(H2,13,14,16). The summed E-state index contributed by atoms with van der Waals surface area (Å²) in [5.41, 5.74) is 0. The molecule has 1 amide bonds. The Hall–Kier alpha value is -0.840. The van der Waals surface area contributed by atoms with Gasteiger partial charge in [0.15, 0.2) is 5.11 Å². The van der Waals surface area contributed by atoms with E-state index in [1.807, 2.05) is 0 Å². The molecular weight excluding hydrogens is 222 g/mol. The molecule has 0 radical (unpaired) electrons. The van der Waals surface area contributed by atoms with Crippen LogP contribution in [-0.4, -0.2) is 30.7 Å². The van der Waals surface area contributed by atoms with E-state index in [-0.39, 0.29) is 11.8 Å². The van der Waals surface area contributed by atoms with Crippen LogP contribution in [0.5, 0.6) is 0 Å². The van der Waals surface area contributed by atoms with Gasteiger partial charge in [-0.15, -0.1) is 0 Å². The number of amides is 1. The molecule has 0 bridgehead atoms. The highest BCUT2D eigenvalue weighted by atomic mass is 32.1. The number of hydrogen-bond acceptors (Lipinski definition) is 2. The lowest BCUT2D eigenvalue weighted by Crippen LogP contribution is -2.40. The molecule has 16 heavy (non-hydrogen) atoms. The van der Waals surface area contributed by atoms with Crippen molar-refractivity contribution in [2.45, 2.75) is 32.6 Å². The van der Waals surface area contributed by atoms with Gasteiger partial charge in [-0.25, -0.2) is 0 Å². The minimum Gasteiger partial charge on any atom is -0.363 e. The Morgan fingerprint density at radius 3 is 2.44 bits per heavy atom. The quantitative estimate of drug-likeness (QED) is 0.457. The van der Waals surface area contributed by atoms with E-state index in [4.69, 9.17) is 12.2 Å². The van der Waals surface area contributed by atoms with Gasteiger partial charge in [0.25, 0.3) is 0 Å². The molecule has 4 nitrogen and oxygen atoms in total. The van der Waals surface area contributed by atoms with Gasteiger partial charge in [0.05, 0.1) is 0 Å². The molecule has 0 atom stereocenters. The van der Waals surface area contributed by atoms with Gasteiger partial charge in [0.1, 0.15) is 0 Å². The average molecular weight is 243 g/mol. The number of rotatable bonds is 7. The summed E-state index contributed by atoms with van der Waals surface area (Å²) in [6, 6.07) is 0. The Morgan fingerprint density at radius 2 is 1.81 bits per heavy atom. The lowest BCUT2D eigenvalue weighted by molar-refractivity contribution is -0.122. The summed E-state index contributed by atoms with van der Waals surface area (Å²) in [5.74, 6) is 0.473. The zero-order valence-corrected chi connectivity index (χ0v) is 10.7. The summed E-state index contributed by atoms with van der Waals surface area (Å²) >= 11 is 5.08. The molecular formula is C11H21N3OS. The van der Waals surface area contributed by atoms with Crippen LogP contribution in [0.3, 0.4) is 0 Å². The number of carbonyl (C=O) groups excluding carboxylic acids is 1. The van der Waals surface area contributed by atoms with Crippen molar-refractivity contribution in [3.8, 4) is 0 Å². The largest absolute Gasteiger partial charge is 0.363 e. The maximum absolute atomic E-state index is 11.3. The fourth-order valence-corrected chi connectivity index (χ4v) is 1.50. The van der Waals surface area contributed by atoms with Crippen LogP contribution in [0.15, 0.2) is 0 Å². The molecule has 0 aromatic rings. The zero-order chi connectivity index (χ0) is 11.8. The number of unbranched alkanes of at least 4 members (excludes halogenated alkanes) is 1. The summed E-state index contributed by atoms with van der Waals surface area (Å²) in [6.07, 6.45) is 4.39. The summed E-state index contributed by atoms with van der Waals surface area (Å²) in [4.78, 5) is 11.3. The Labute approximate surface area is 103 Å². The highest BCUT2D eigenvalue weighted by Crippen LogP contribution is 2.28. The highest BCUT2D eigenvalue weighted by Gasteiger charge is 2.28. The molecule has 0 heterocycles. The van der Waals surface area contributed by atoms with Gasteiger partial charge in [-0.1, -0.05) is 13.3 Å². The number of nitrogens with one attached hydrogen (secondary N) is 3.